The molecule has 0 aliphatic heterocycles. The second kappa shape index (κ2) is 11.7. The standard InChI is InChI=1S/C10H13NO.C9H13NO.CH3NO/c1-8(2)9-3-5-10(6-4-9)11-7-12;1-9(2,11)7-3-5-8(10)6-4-7;2-1-3/h3-8H,1-2H3,(H,11,12);3-6,11H,10H2,1-2H3;1H,(H2,2,3). The number of aliphatic hydroxyl groups is 1. The predicted octanol–water partition coefficient (Wildman–Crippen LogP) is 2.98. The van der Waals surface area contributed by atoms with E-state index in [9.17, 15) is 9.90 Å². The number of rotatable bonds is 4. The number of nitrogens with one attached hydrogen (secondary N) is 1. The third-order valence-electron chi connectivity index (χ3n) is 3.42. The monoisotopic (exact) mass is 359 g/mol. The highest BCUT2D eigenvalue weighted by Crippen LogP contribution is 2.20. The molecular formula is C20H29N3O3. The first-order valence-electron chi connectivity index (χ1n) is 8.19. The number of nitrogens with two attached hydrogens (primary N) is 2. The topological polar surface area (TPSA) is 118 Å². The molecule has 0 radical (unpaired) electrons. The lowest BCUT2D eigenvalue weighted by Crippen LogP contribution is -2.14. The molecule has 0 fully saturated rings. The average molecular weight is 359 g/mol. The zero-order valence-corrected chi connectivity index (χ0v) is 15.8. The molecule has 26 heavy (non-hydrogen) atoms. The van der Waals surface area contributed by atoms with Gasteiger partial charge < -0.3 is 21.9 Å². The zero-order chi connectivity index (χ0) is 20.2. The molecule has 0 spiro atoms. The van der Waals surface area contributed by atoms with Gasteiger partial charge in [0.1, 0.15) is 0 Å². The van der Waals surface area contributed by atoms with Crippen molar-refractivity contribution in [2.45, 2.75) is 39.2 Å². The van der Waals surface area contributed by atoms with Crippen LogP contribution in [0.3, 0.4) is 0 Å². The van der Waals surface area contributed by atoms with Crippen LogP contribution in [0.1, 0.15) is 44.7 Å². The van der Waals surface area contributed by atoms with Crippen LogP contribution in [0.15, 0.2) is 48.5 Å². The quantitative estimate of drug-likeness (QED) is 0.495. The van der Waals surface area contributed by atoms with Crippen LogP contribution in [0.25, 0.3) is 0 Å². The largest absolute Gasteiger partial charge is 0.399 e. The minimum Gasteiger partial charge on any atom is -0.399 e. The van der Waals surface area contributed by atoms with Crippen LogP contribution in [0, 0.1) is 0 Å². The van der Waals surface area contributed by atoms with Crippen molar-refractivity contribution in [3.63, 3.8) is 0 Å². The van der Waals surface area contributed by atoms with Crippen molar-refractivity contribution >= 4 is 24.2 Å². The van der Waals surface area contributed by atoms with Crippen molar-refractivity contribution < 1.29 is 14.7 Å². The van der Waals surface area contributed by atoms with E-state index < -0.39 is 5.60 Å². The van der Waals surface area contributed by atoms with Gasteiger partial charge in [0.15, 0.2) is 0 Å². The van der Waals surface area contributed by atoms with Gasteiger partial charge in [-0.15, -0.1) is 0 Å². The number of nitrogen functional groups attached to an aromatic ring is 1. The van der Waals surface area contributed by atoms with Crippen LogP contribution >= 0.6 is 0 Å². The molecule has 0 aromatic heterocycles. The van der Waals surface area contributed by atoms with E-state index in [4.69, 9.17) is 10.5 Å². The Kier molecular flexibility index (Phi) is 10.4. The van der Waals surface area contributed by atoms with Crippen molar-refractivity contribution in [2.24, 2.45) is 5.73 Å². The molecule has 0 bridgehead atoms. The Balaban J connectivity index is 0.000000419. The number of benzene rings is 2. The molecule has 2 rings (SSSR count). The molecule has 6 nitrogen and oxygen atoms in total. The minimum absolute atomic E-state index is 0.250. The van der Waals surface area contributed by atoms with E-state index >= 15 is 0 Å². The third-order valence-corrected chi connectivity index (χ3v) is 3.42. The number of anilines is 2. The van der Waals surface area contributed by atoms with Gasteiger partial charge in [0.05, 0.1) is 5.60 Å². The second-order valence-corrected chi connectivity index (χ2v) is 6.36. The Morgan fingerprint density at radius 3 is 1.81 bits per heavy atom. The van der Waals surface area contributed by atoms with Gasteiger partial charge in [0, 0.05) is 11.4 Å². The summed E-state index contributed by atoms with van der Waals surface area (Å²) in [6.45, 7) is 7.78. The lowest BCUT2D eigenvalue weighted by molar-refractivity contribution is -0.107. The van der Waals surface area contributed by atoms with Gasteiger partial charge in [-0.25, -0.2) is 0 Å². The fourth-order valence-electron chi connectivity index (χ4n) is 1.92. The molecule has 0 heterocycles. The van der Waals surface area contributed by atoms with Gasteiger partial charge in [0.25, 0.3) is 0 Å². The first-order valence-corrected chi connectivity index (χ1v) is 8.19. The van der Waals surface area contributed by atoms with Crippen molar-refractivity contribution in [1.29, 1.82) is 0 Å². The van der Waals surface area contributed by atoms with E-state index in [0.717, 1.165) is 16.9 Å². The number of carbonyl (C=O) groups is 2. The number of carbonyl (C=O) groups excluding carboxylic acids is 2. The molecule has 0 aliphatic rings. The van der Waals surface area contributed by atoms with Gasteiger partial charge in [-0.1, -0.05) is 38.1 Å². The maximum atomic E-state index is 10.1. The Labute approximate surface area is 155 Å². The smallest absolute Gasteiger partial charge is 0.211 e. The maximum Gasteiger partial charge on any atom is 0.211 e. The van der Waals surface area contributed by atoms with Crippen LogP contribution in [0.2, 0.25) is 0 Å². The van der Waals surface area contributed by atoms with Crippen molar-refractivity contribution in [3.05, 3.63) is 59.7 Å². The van der Waals surface area contributed by atoms with Crippen LogP contribution in [-0.2, 0) is 15.2 Å². The highest BCUT2D eigenvalue weighted by molar-refractivity contribution is 5.71. The van der Waals surface area contributed by atoms with Gasteiger partial charge in [-0.05, 0) is 55.2 Å². The van der Waals surface area contributed by atoms with E-state index in [-0.39, 0.29) is 6.41 Å². The summed E-state index contributed by atoms with van der Waals surface area (Å²) < 4.78 is 0. The summed E-state index contributed by atoms with van der Waals surface area (Å²) in [6.07, 6.45) is 0.935. The fourth-order valence-corrected chi connectivity index (χ4v) is 1.92. The normalized spacial score (nSPS) is 9.92. The lowest BCUT2D eigenvalue weighted by atomic mass is 9.98. The predicted molar refractivity (Wildman–Crippen MR) is 107 cm³/mol. The number of hydrogen-bond acceptors (Lipinski definition) is 4. The van der Waals surface area contributed by atoms with Crippen molar-refractivity contribution in [1.82, 2.24) is 0 Å². The lowest BCUT2D eigenvalue weighted by Gasteiger charge is -2.17. The summed E-state index contributed by atoms with van der Waals surface area (Å²) in [7, 11) is 0. The number of primary amides is 1. The van der Waals surface area contributed by atoms with Crippen LogP contribution < -0.4 is 16.8 Å². The van der Waals surface area contributed by atoms with E-state index in [1.165, 1.54) is 5.56 Å². The molecule has 6 heteroatoms. The average Bonchev–Trinajstić information content (AvgIpc) is 2.56. The highest BCUT2D eigenvalue weighted by Gasteiger charge is 2.14. The Morgan fingerprint density at radius 1 is 1.00 bits per heavy atom. The molecule has 2 aromatic rings. The number of amides is 2. The van der Waals surface area contributed by atoms with Crippen LogP contribution in [-0.4, -0.2) is 17.9 Å². The molecule has 0 atom stereocenters. The first kappa shape index (κ1) is 23.1. The van der Waals surface area contributed by atoms with Crippen molar-refractivity contribution in [3.8, 4) is 0 Å². The van der Waals surface area contributed by atoms with Gasteiger partial charge in [0.2, 0.25) is 12.8 Å². The van der Waals surface area contributed by atoms with Gasteiger partial charge in [-0.2, -0.15) is 0 Å². The molecule has 0 aliphatic carbocycles. The van der Waals surface area contributed by atoms with Crippen molar-refractivity contribution in [2.75, 3.05) is 11.1 Å². The summed E-state index contributed by atoms with van der Waals surface area (Å²) in [5, 5.41) is 12.1. The van der Waals surface area contributed by atoms with Gasteiger partial charge >= 0.3 is 0 Å². The summed E-state index contributed by atoms with van der Waals surface area (Å²) >= 11 is 0. The third kappa shape index (κ3) is 9.44. The molecule has 2 amide bonds. The Hall–Kier alpha value is -2.86. The summed E-state index contributed by atoms with van der Waals surface area (Å²) in [6, 6.07) is 15.1. The maximum absolute atomic E-state index is 10.1. The highest BCUT2D eigenvalue weighted by atomic mass is 16.3. The van der Waals surface area contributed by atoms with E-state index in [0.29, 0.717) is 12.3 Å². The summed E-state index contributed by atoms with van der Waals surface area (Å²) in [5.74, 6) is 0.537. The minimum atomic E-state index is -0.770. The molecule has 0 saturated carbocycles. The molecule has 142 valence electrons. The first-order chi connectivity index (χ1) is 12.1. The number of hydrogen-bond donors (Lipinski definition) is 4. The Bertz CT molecular complexity index is 645. The summed E-state index contributed by atoms with van der Waals surface area (Å²) in [4.78, 5) is 18.7. The molecule has 0 unspecified atom stereocenters. The summed E-state index contributed by atoms with van der Waals surface area (Å²) in [5.41, 5.74) is 12.6. The molecule has 6 N–H and O–H groups in total. The Morgan fingerprint density at radius 2 is 1.46 bits per heavy atom. The fraction of sp³-hybridized carbons (Fsp3) is 0.300. The second-order valence-electron chi connectivity index (χ2n) is 6.36. The van der Waals surface area contributed by atoms with Crippen LogP contribution in [0.5, 0.6) is 0 Å². The SMILES string of the molecule is CC(C)(O)c1ccc(N)cc1.CC(C)c1ccc(NC=O)cc1.NC=O. The van der Waals surface area contributed by atoms with Crippen LogP contribution in [0.4, 0.5) is 11.4 Å². The molecule has 0 saturated heterocycles. The van der Waals surface area contributed by atoms with Gasteiger partial charge in [-0.3, -0.25) is 9.59 Å². The zero-order valence-electron chi connectivity index (χ0n) is 15.8. The van der Waals surface area contributed by atoms with E-state index in [1.54, 1.807) is 26.0 Å². The molecular weight excluding hydrogens is 330 g/mol. The van der Waals surface area contributed by atoms with E-state index in [2.05, 4.69) is 24.9 Å². The molecule has 2 aromatic carbocycles. The van der Waals surface area contributed by atoms with E-state index in [1.807, 2.05) is 36.4 Å².